The SMILES string of the molecule is CCCC1CCC(CN)(N(CC)CC)CC1. The van der Waals surface area contributed by atoms with Crippen LogP contribution in [0.2, 0.25) is 0 Å². The van der Waals surface area contributed by atoms with Crippen LogP contribution in [0.25, 0.3) is 0 Å². The maximum Gasteiger partial charge on any atom is 0.0331 e. The first kappa shape index (κ1) is 14.0. The predicted molar refractivity (Wildman–Crippen MR) is 71.6 cm³/mol. The minimum Gasteiger partial charge on any atom is -0.329 e. The molecule has 0 heterocycles. The van der Waals surface area contributed by atoms with Crippen molar-refractivity contribution in [2.75, 3.05) is 19.6 Å². The molecule has 1 aliphatic carbocycles. The molecule has 1 aliphatic rings. The van der Waals surface area contributed by atoms with Crippen LogP contribution in [0.15, 0.2) is 0 Å². The van der Waals surface area contributed by atoms with Gasteiger partial charge in [0, 0.05) is 12.1 Å². The van der Waals surface area contributed by atoms with Gasteiger partial charge < -0.3 is 5.73 Å². The van der Waals surface area contributed by atoms with Crippen molar-refractivity contribution in [3.63, 3.8) is 0 Å². The van der Waals surface area contributed by atoms with Crippen LogP contribution in [0, 0.1) is 5.92 Å². The molecule has 0 bridgehead atoms. The lowest BCUT2D eigenvalue weighted by Gasteiger charge is -2.47. The van der Waals surface area contributed by atoms with Crippen molar-refractivity contribution in [1.82, 2.24) is 4.90 Å². The van der Waals surface area contributed by atoms with Crippen molar-refractivity contribution in [1.29, 1.82) is 0 Å². The van der Waals surface area contributed by atoms with E-state index in [1.54, 1.807) is 0 Å². The summed E-state index contributed by atoms with van der Waals surface area (Å²) in [6.07, 6.45) is 8.17. The molecule has 0 radical (unpaired) electrons. The van der Waals surface area contributed by atoms with Crippen LogP contribution in [0.1, 0.15) is 59.3 Å². The smallest absolute Gasteiger partial charge is 0.0331 e. The Morgan fingerprint density at radius 2 is 1.69 bits per heavy atom. The molecule has 0 spiro atoms. The molecule has 0 saturated heterocycles. The van der Waals surface area contributed by atoms with Gasteiger partial charge in [0.05, 0.1) is 0 Å². The van der Waals surface area contributed by atoms with Gasteiger partial charge in [-0.3, -0.25) is 4.90 Å². The van der Waals surface area contributed by atoms with E-state index in [0.29, 0.717) is 5.54 Å². The van der Waals surface area contributed by atoms with E-state index < -0.39 is 0 Å². The molecular formula is C14H30N2. The molecule has 1 rings (SSSR count). The van der Waals surface area contributed by atoms with Crippen molar-refractivity contribution < 1.29 is 0 Å². The zero-order valence-corrected chi connectivity index (χ0v) is 11.5. The van der Waals surface area contributed by atoms with Gasteiger partial charge in [0.2, 0.25) is 0 Å². The maximum atomic E-state index is 6.07. The molecule has 96 valence electrons. The van der Waals surface area contributed by atoms with Gasteiger partial charge in [-0.05, 0) is 44.7 Å². The number of nitrogens with zero attached hydrogens (tertiary/aromatic N) is 1. The Morgan fingerprint density at radius 3 is 2.06 bits per heavy atom. The lowest BCUT2D eigenvalue weighted by molar-refractivity contribution is 0.0495. The Bertz CT molecular complexity index is 179. The van der Waals surface area contributed by atoms with Crippen molar-refractivity contribution in [3.05, 3.63) is 0 Å². The van der Waals surface area contributed by atoms with Crippen molar-refractivity contribution in [2.45, 2.75) is 64.8 Å². The molecule has 0 atom stereocenters. The average molecular weight is 226 g/mol. The number of likely N-dealkylation sites (N-methyl/N-ethyl adjacent to an activating group) is 1. The van der Waals surface area contributed by atoms with E-state index in [2.05, 4.69) is 25.7 Å². The summed E-state index contributed by atoms with van der Waals surface area (Å²) in [5.41, 5.74) is 6.40. The summed E-state index contributed by atoms with van der Waals surface area (Å²) in [6, 6.07) is 0. The van der Waals surface area contributed by atoms with Gasteiger partial charge in [0.1, 0.15) is 0 Å². The molecule has 0 aliphatic heterocycles. The van der Waals surface area contributed by atoms with Crippen molar-refractivity contribution >= 4 is 0 Å². The molecule has 2 heteroatoms. The fraction of sp³-hybridized carbons (Fsp3) is 1.00. The molecular weight excluding hydrogens is 196 g/mol. The molecule has 0 aromatic carbocycles. The van der Waals surface area contributed by atoms with Gasteiger partial charge in [0.25, 0.3) is 0 Å². The van der Waals surface area contributed by atoms with Crippen molar-refractivity contribution in [2.24, 2.45) is 11.7 Å². The zero-order chi connectivity index (χ0) is 12.0. The summed E-state index contributed by atoms with van der Waals surface area (Å²) in [7, 11) is 0. The largest absolute Gasteiger partial charge is 0.329 e. The topological polar surface area (TPSA) is 29.3 Å². The predicted octanol–water partition coefficient (Wildman–Crippen LogP) is 3.02. The van der Waals surface area contributed by atoms with Gasteiger partial charge in [-0.15, -0.1) is 0 Å². The normalized spacial score (nSPS) is 30.9. The van der Waals surface area contributed by atoms with E-state index in [-0.39, 0.29) is 0 Å². The lowest BCUT2D eigenvalue weighted by Crippen LogP contribution is -2.55. The first-order valence-corrected chi connectivity index (χ1v) is 7.17. The summed E-state index contributed by atoms with van der Waals surface area (Å²) in [4.78, 5) is 2.59. The van der Waals surface area contributed by atoms with E-state index in [9.17, 15) is 0 Å². The Morgan fingerprint density at radius 1 is 1.12 bits per heavy atom. The number of nitrogens with two attached hydrogens (primary N) is 1. The highest BCUT2D eigenvalue weighted by Gasteiger charge is 2.37. The summed E-state index contributed by atoms with van der Waals surface area (Å²) < 4.78 is 0. The molecule has 2 N–H and O–H groups in total. The summed E-state index contributed by atoms with van der Waals surface area (Å²) >= 11 is 0. The highest BCUT2D eigenvalue weighted by molar-refractivity contribution is 4.95. The molecule has 16 heavy (non-hydrogen) atoms. The van der Waals surface area contributed by atoms with Gasteiger partial charge >= 0.3 is 0 Å². The standard InChI is InChI=1S/C14H30N2/c1-4-7-13-8-10-14(12-15,11-9-13)16(5-2)6-3/h13H,4-12,15H2,1-3H3. The summed E-state index contributed by atoms with van der Waals surface area (Å²) in [5.74, 6) is 0.972. The van der Waals surface area contributed by atoms with E-state index >= 15 is 0 Å². The van der Waals surface area contributed by atoms with Crippen LogP contribution in [0.5, 0.6) is 0 Å². The van der Waals surface area contributed by atoms with Gasteiger partial charge in [0.15, 0.2) is 0 Å². The molecule has 1 fully saturated rings. The molecule has 0 aromatic heterocycles. The summed E-state index contributed by atoms with van der Waals surface area (Å²) in [6.45, 7) is 9.96. The quantitative estimate of drug-likeness (QED) is 0.754. The third kappa shape index (κ3) is 2.98. The second-order valence-corrected chi connectivity index (χ2v) is 5.33. The van der Waals surface area contributed by atoms with Gasteiger partial charge in [-0.1, -0.05) is 33.6 Å². The Labute approximate surface area is 102 Å². The van der Waals surface area contributed by atoms with E-state index in [1.807, 2.05) is 0 Å². The maximum absolute atomic E-state index is 6.07. The average Bonchev–Trinajstić information content (AvgIpc) is 2.33. The first-order chi connectivity index (χ1) is 7.72. The second kappa shape index (κ2) is 6.61. The van der Waals surface area contributed by atoms with Crippen LogP contribution >= 0.6 is 0 Å². The monoisotopic (exact) mass is 226 g/mol. The fourth-order valence-electron chi connectivity index (χ4n) is 3.46. The minimum absolute atomic E-state index is 0.327. The second-order valence-electron chi connectivity index (χ2n) is 5.33. The van der Waals surface area contributed by atoms with Crippen LogP contribution in [0.3, 0.4) is 0 Å². The first-order valence-electron chi connectivity index (χ1n) is 7.17. The Kier molecular flexibility index (Phi) is 5.77. The van der Waals surface area contributed by atoms with Crippen LogP contribution in [-0.4, -0.2) is 30.1 Å². The van der Waals surface area contributed by atoms with Crippen LogP contribution in [0.4, 0.5) is 0 Å². The third-order valence-corrected chi connectivity index (χ3v) is 4.55. The Hall–Kier alpha value is -0.0800. The highest BCUT2D eigenvalue weighted by atomic mass is 15.2. The number of hydrogen-bond donors (Lipinski definition) is 1. The lowest BCUT2D eigenvalue weighted by atomic mass is 9.74. The molecule has 1 saturated carbocycles. The van der Waals surface area contributed by atoms with Crippen LogP contribution < -0.4 is 5.73 Å². The van der Waals surface area contributed by atoms with Crippen LogP contribution in [-0.2, 0) is 0 Å². The highest BCUT2D eigenvalue weighted by Crippen LogP contribution is 2.37. The van der Waals surface area contributed by atoms with Crippen molar-refractivity contribution in [3.8, 4) is 0 Å². The van der Waals surface area contributed by atoms with E-state index in [4.69, 9.17) is 5.73 Å². The van der Waals surface area contributed by atoms with E-state index in [1.165, 1.54) is 38.5 Å². The molecule has 0 amide bonds. The molecule has 0 aromatic rings. The Balaban J connectivity index is 2.57. The van der Waals surface area contributed by atoms with Gasteiger partial charge in [-0.25, -0.2) is 0 Å². The molecule has 0 unspecified atom stereocenters. The zero-order valence-electron chi connectivity index (χ0n) is 11.5. The summed E-state index contributed by atoms with van der Waals surface area (Å²) in [5, 5.41) is 0. The van der Waals surface area contributed by atoms with E-state index in [0.717, 1.165) is 25.6 Å². The third-order valence-electron chi connectivity index (χ3n) is 4.55. The fourth-order valence-corrected chi connectivity index (χ4v) is 3.46. The molecule has 2 nitrogen and oxygen atoms in total. The number of rotatable bonds is 6. The minimum atomic E-state index is 0.327. The number of hydrogen-bond acceptors (Lipinski definition) is 2. The van der Waals surface area contributed by atoms with Gasteiger partial charge in [-0.2, -0.15) is 0 Å².